The van der Waals surface area contributed by atoms with Gasteiger partial charge in [0.15, 0.2) is 0 Å². The molecule has 1 aliphatic rings. The first-order valence-electron chi connectivity index (χ1n) is 12.0. The summed E-state index contributed by atoms with van der Waals surface area (Å²) < 4.78 is 11.5. The fraction of sp³-hybridized carbons (Fsp3) is 0.276. The van der Waals surface area contributed by atoms with Crippen LogP contribution in [0.15, 0.2) is 78.6 Å². The van der Waals surface area contributed by atoms with Crippen molar-refractivity contribution in [2.75, 3.05) is 13.2 Å². The van der Waals surface area contributed by atoms with Crippen LogP contribution >= 0.6 is 0 Å². The third-order valence-corrected chi connectivity index (χ3v) is 5.82. The van der Waals surface area contributed by atoms with Crippen molar-refractivity contribution in [3.8, 4) is 11.5 Å². The van der Waals surface area contributed by atoms with Crippen molar-refractivity contribution in [1.82, 2.24) is 9.88 Å². The zero-order chi connectivity index (χ0) is 25.7. The molecule has 1 N–H and O–H groups in total. The zero-order valence-electron chi connectivity index (χ0n) is 20.7. The largest absolute Gasteiger partial charge is 0.507 e. The molecule has 1 aliphatic heterocycles. The van der Waals surface area contributed by atoms with Crippen LogP contribution in [-0.2, 0) is 16.1 Å². The van der Waals surface area contributed by atoms with E-state index in [1.54, 1.807) is 48.8 Å². The lowest BCUT2D eigenvalue weighted by Gasteiger charge is -2.26. The Balaban J connectivity index is 1.82. The smallest absolute Gasteiger partial charge is 0.295 e. The Bertz CT molecular complexity index is 1270. The Morgan fingerprint density at radius 2 is 1.69 bits per heavy atom. The number of carbonyl (C=O) groups excluding carboxylic acids is 2. The van der Waals surface area contributed by atoms with Gasteiger partial charge in [-0.15, -0.1) is 0 Å². The molecular weight excluding hydrogens is 456 g/mol. The fourth-order valence-corrected chi connectivity index (χ4v) is 4.17. The Hall–Kier alpha value is -4.13. The number of aliphatic hydroxyl groups excluding tert-OH is 1. The van der Waals surface area contributed by atoms with E-state index in [2.05, 4.69) is 18.8 Å². The molecule has 0 saturated carbocycles. The highest BCUT2D eigenvalue weighted by Gasteiger charge is 2.46. The van der Waals surface area contributed by atoms with Crippen LogP contribution in [0, 0.1) is 5.92 Å². The summed E-state index contributed by atoms with van der Waals surface area (Å²) >= 11 is 0. The van der Waals surface area contributed by atoms with Gasteiger partial charge in [0.05, 0.1) is 24.8 Å². The molecule has 7 nitrogen and oxygen atoms in total. The molecule has 0 radical (unpaired) electrons. The van der Waals surface area contributed by atoms with Crippen molar-refractivity contribution in [1.29, 1.82) is 0 Å². The summed E-state index contributed by atoms with van der Waals surface area (Å²) in [6, 6.07) is 17.0. The van der Waals surface area contributed by atoms with E-state index in [9.17, 15) is 14.7 Å². The monoisotopic (exact) mass is 486 g/mol. The topological polar surface area (TPSA) is 89.0 Å². The van der Waals surface area contributed by atoms with Crippen LogP contribution in [0.4, 0.5) is 0 Å². The molecule has 1 aromatic heterocycles. The van der Waals surface area contributed by atoms with Gasteiger partial charge in [0.25, 0.3) is 11.7 Å². The van der Waals surface area contributed by atoms with E-state index in [0.717, 1.165) is 5.56 Å². The molecule has 1 amide bonds. The van der Waals surface area contributed by atoms with Gasteiger partial charge in [-0.3, -0.25) is 14.6 Å². The number of hydrogen-bond acceptors (Lipinski definition) is 6. The number of ether oxygens (including phenoxy) is 2. The van der Waals surface area contributed by atoms with Gasteiger partial charge in [-0.2, -0.15) is 0 Å². The van der Waals surface area contributed by atoms with Crippen LogP contribution in [0.3, 0.4) is 0 Å². The summed E-state index contributed by atoms with van der Waals surface area (Å²) in [4.78, 5) is 32.1. The molecule has 2 aromatic carbocycles. The molecule has 0 spiro atoms. The van der Waals surface area contributed by atoms with Crippen LogP contribution in [0.2, 0.25) is 0 Å². The highest BCUT2D eigenvalue weighted by atomic mass is 16.5. The van der Waals surface area contributed by atoms with Crippen LogP contribution in [0.5, 0.6) is 11.5 Å². The summed E-state index contributed by atoms with van der Waals surface area (Å²) in [5.74, 6) is -0.119. The van der Waals surface area contributed by atoms with Gasteiger partial charge < -0.3 is 19.5 Å². The van der Waals surface area contributed by atoms with E-state index in [4.69, 9.17) is 9.47 Å². The minimum Gasteiger partial charge on any atom is -0.507 e. The van der Waals surface area contributed by atoms with Crippen molar-refractivity contribution < 1.29 is 24.2 Å². The number of aliphatic hydroxyl groups is 1. The van der Waals surface area contributed by atoms with Crippen LogP contribution in [-0.4, -0.2) is 39.9 Å². The number of rotatable bonds is 9. The minimum atomic E-state index is -0.795. The number of Topliss-reactive ketones (excluding diaryl/α,β-unsaturated/α-hetero) is 1. The number of ketones is 1. The Kier molecular flexibility index (Phi) is 7.68. The molecule has 1 fully saturated rings. The molecule has 186 valence electrons. The summed E-state index contributed by atoms with van der Waals surface area (Å²) in [7, 11) is 0. The lowest BCUT2D eigenvalue weighted by atomic mass is 9.95. The molecule has 1 atom stereocenters. The number of nitrogens with zero attached hydrogens (tertiary/aromatic N) is 2. The third kappa shape index (κ3) is 5.40. The van der Waals surface area contributed by atoms with E-state index in [1.807, 2.05) is 31.2 Å². The van der Waals surface area contributed by atoms with Crippen molar-refractivity contribution in [2.45, 2.75) is 33.4 Å². The SMILES string of the molecule is CCOc1cccc(/C(O)=C2/C(=O)C(=O)N(Cc3ccncc3)C2c2cccc(OCC(C)C)c2)c1. The maximum atomic E-state index is 13.3. The summed E-state index contributed by atoms with van der Waals surface area (Å²) in [5.41, 5.74) is 1.93. The zero-order valence-corrected chi connectivity index (χ0v) is 20.7. The van der Waals surface area contributed by atoms with E-state index < -0.39 is 17.7 Å². The molecule has 7 heteroatoms. The first-order chi connectivity index (χ1) is 17.4. The second-order valence-corrected chi connectivity index (χ2v) is 9.02. The summed E-state index contributed by atoms with van der Waals surface area (Å²) in [6.07, 6.45) is 3.28. The molecule has 1 saturated heterocycles. The predicted molar refractivity (Wildman–Crippen MR) is 136 cm³/mol. The predicted octanol–water partition coefficient (Wildman–Crippen LogP) is 5.14. The molecule has 36 heavy (non-hydrogen) atoms. The minimum absolute atomic E-state index is 0.0312. The van der Waals surface area contributed by atoms with Crippen molar-refractivity contribution in [2.24, 2.45) is 5.92 Å². The maximum Gasteiger partial charge on any atom is 0.295 e. The van der Waals surface area contributed by atoms with E-state index >= 15 is 0 Å². The van der Waals surface area contributed by atoms with Crippen molar-refractivity contribution in [3.05, 3.63) is 95.3 Å². The molecular formula is C29H30N2O5. The number of aromatic nitrogens is 1. The molecule has 3 aromatic rings. The van der Waals surface area contributed by atoms with Crippen LogP contribution in [0.1, 0.15) is 43.5 Å². The molecule has 1 unspecified atom stereocenters. The van der Waals surface area contributed by atoms with Gasteiger partial charge in [0, 0.05) is 24.5 Å². The molecule has 0 aliphatic carbocycles. The summed E-state index contributed by atoms with van der Waals surface area (Å²) in [5, 5.41) is 11.3. The van der Waals surface area contributed by atoms with Crippen molar-refractivity contribution >= 4 is 17.4 Å². The highest BCUT2D eigenvalue weighted by molar-refractivity contribution is 6.46. The van der Waals surface area contributed by atoms with Crippen LogP contribution in [0.25, 0.3) is 5.76 Å². The van der Waals surface area contributed by atoms with E-state index in [1.165, 1.54) is 4.90 Å². The molecule has 4 rings (SSSR count). The fourth-order valence-electron chi connectivity index (χ4n) is 4.17. The molecule has 0 bridgehead atoms. The highest BCUT2D eigenvalue weighted by Crippen LogP contribution is 2.41. The van der Waals surface area contributed by atoms with Gasteiger partial charge in [-0.25, -0.2) is 0 Å². The standard InChI is InChI=1S/C29H30N2O5/c1-4-35-23-9-6-8-22(16-23)27(32)25-26(21-7-5-10-24(15-21)36-18-19(2)3)31(29(34)28(25)33)17-20-11-13-30-14-12-20/h5-16,19,26,32H,4,17-18H2,1-3H3/b27-25-. The maximum absolute atomic E-state index is 13.3. The van der Waals surface area contributed by atoms with Crippen molar-refractivity contribution in [3.63, 3.8) is 0 Å². The quantitative estimate of drug-likeness (QED) is 0.256. The lowest BCUT2D eigenvalue weighted by Crippen LogP contribution is -2.29. The normalized spacial score (nSPS) is 17.0. The average Bonchev–Trinajstić information content (AvgIpc) is 3.13. The number of likely N-dealkylation sites (tertiary alicyclic amines) is 1. The average molecular weight is 487 g/mol. The Morgan fingerprint density at radius 3 is 2.39 bits per heavy atom. The second-order valence-electron chi connectivity index (χ2n) is 9.02. The first kappa shape index (κ1) is 25.0. The van der Waals surface area contributed by atoms with Gasteiger partial charge in [0.2, 0.25) is 0 Å². The number of hydrogen-bond donors (Lipinski definition) is 1. The third-order valence-electron chi connectivity index (χ3n) is 5.82. The first-order valence-corrected chi connectivity index (χ1v) is 12.0. The van der Waals surface area contributed by atoms with Gasteiger partial charge >= 0.3 is 0 Å². The van der Waals surface area contributed by atoms with E-state index in [0.29, 0.717) is 41.8 Å². The van der Waals surface area contributed by atoms with Crippen LogP contribution < -0.4 is 9.47 Å². The van der Waals surface area contributed by atoms with E-state index in [-0.39, 0.29) is 17.9 Å². The number of amides is 1. The van der Waals surface area contributed by atoms with Gasteiger partial charge in [-0.1, -0.05) is 38.1 Å². The second kappa shape index (κ2) is 11.1. The summed E-state index contributed by atoms with van der Waals surface area (Å²) in [6.45, 7) is 7.17. The number of pyridine rings is 1. The van der Waals surface area contributed by atoms with Gasteiger partial charge in [-0.05, 0) is 60.4 Å². The lowest BCUT2D eigenvalue weighted by molar-refractivity contribution is -0.140. The number of benzene rings is 2. The Labute approximate surface area is 211 Å². The number of carbonyl (C=O) groups is 2. The van der Waals surface area contributed by atoms with Gasteiger partial charge in [0.1, 0.15) is 17.3 Å². The molecule has 2 heterocycles. The Morgan fingerprint density at radius 1 is 1.00 bits per heavy atom.